The Hall–Kier alpha value is -3.58. The fourth-order valence-electron chi connectivity index (χ4n) is 3.44. The van der Waals surface area contributed by atoms with Crippen molar-refractivity contribution in [1.82, 2.24) is 20.1 Å². The van der Waals surface area contributed by atoms with E-state index in [1.165, 1.54) is 16.7 Å². The molecule has 7 heteroatoms. The molecule has 1 heterocycles. The molecule has 0 unspecified atom stereocenters. The van der Waals surface area contributed by atoms with Gasteiger partial charge in [0, 0.05) is 17.0 Å². The summed E-state index contributed by atoms with van der Waals surface area (Å²) in [4.78, 5) is 12.7. The van der Waals surface area contributed by atoms with E-state index in [4.69, 9.17) is 4.74 Å². The highest BCUT2D eigenvalue weighted by molar-refractivity contribution is 7.98. The number of carbonyl (C=O) groups is 1. The smallest absolute Gasteiger partial charge is 0.251 e. The minimum atomic E-state index is -0.193. The monoisotopic (exact) mass is 458 g/mol. The number of rotatable bonds is 8. The lowest BCUT2D eigenvalue weighted by molar-refractivity contribution is 0.0949. The van der Waals surface area contributed by atoms with Crippen LogP contribution in [0, 0.1) is 13.8 Å². The quantitative estimate of drug-likeness (QED) is 0.371. The van der Waals surface area contributed by atoms with Crippen LogP contribution in [0.15, 0.2) is 78.0 Å². The van der Waals surface area contributed by atoms with Crippen molar-refractivity contribution in [3.05, 3.63) is 101 Å². The third-order valence-corrected chi connectivity index (χ3v) is 6.18. The molecule has 6 nitrogen and oxygen atoms in total. The minimum absolute atomic E-state index is 0.193. The Balaban J connectivity index is 1.56. The zero-order valence-corrected chi connectivity index (χ0v) is 19.7. The normalized spacial score (nSPS) is 10.8. The summed E-state index contributed by atoms with van der Waals surface area (Å²) in [5.74, 6) is 1.89. The average molecular weight is 459 g/mol. The van der Waals surface area contributed by atoms with Crippen molar-refractivity contribution in [2.45, 2.75) is 31.3 Å². The molecule has 1 aromatic heterocycles. The first-order chi connectivity index (χ1) is 16.0. The molecule has 4 rings (SSSR count). The lowest BCUT2D eigenvalue weighted by atomic mass is 10.2. The Morgan fingerprint density at radius 3 is 2.52 bits per heavy atom. The lowest BCUT2D eigenvalue weighted by Gasteiger charge is -2.12. The molecule has 0 aliphatic carbocycles. The molecule has 0 aliphatic heterocycles. The number of amides is 1. The predicted octanol–water partition coefficient (Wildman–Crippen LogP) is 5.12. The minimum Gasteiger partial charge on any atom is -0.497 e. The first-order valence-electron chi connectivity index (χ1n) is 10.7. The van der Waals surface area contributed by atoms with Crippen molar-refractivity contribution in [3.63, 3.8) is 0 Å². The van der Waals surface area contributed by atoms with Crippen LogP contribution in [0.25, 0.3) is 5.69 Å². The molecule has 0 saturated carbocycles. The van der Waals surface area contributed by atoms with Crippen molar-refractivity contribution in [1.29, 1.82) is 0 Å². The number of hydrogen-bond donors (Lipinski definition) is 1. The van der Waals surface area contributed by atoms with Crippen molar-refractivity contribution < 1.29 is 9.53 Å². The van der Waals surface area contributed by atoms with Gasteiger partial charge in [0.15, 0.2) is 11.0 Å². The van der Waals surface area contributed by atoms with Crippen molar-refractivity contribution in [2.75, 3.05) is 7.11 Å². The number of ether oxygens (including phenoxy) is 1. The number of aryl methyl sites for hydroxylation is 2. The van der Waals surface area contributed by atoms with Crippen LogP contribution < -0.4 is 10.1 Å². The van der Waals surface area contributed by atoms with Gasteiger partial charge < -0.3 is 10.1 Å². The molecule has 1 N–H and O–H groups in total. The maximum absolute atomic E-state index is 12.7. The molecule has 33 heavy (non-hydrogen) atoms. The first-order valence-corrected chi connectivity index (χ1v) is 11.6. The number of nitrogens with one attached hydrogen (secondary N) is 1. The van der Waals surface area contributed by atoms with Crippen LogP contribution in [0.1, 0.15) is 32.9 Å². The lowest BCUT2D eigenvalue weighted by Crippen LogP contribution is -2.24. The van der Waals surface area contributed by atoms with Gasteiger partial charge in [0.1, 0.15) is 5.75 Å². The zero-order valence-electron chi connectivity index (χ0n) is 18.9. The number of aromatic nitrogens is 3. The number of methoxy groups -OCH3 is 1. The summed E-state index contributed by atoms with van der Waals surface area (Å²) in [6.45, 7) is 4.40. The molecule has 0 spiro atoms. The summed E-state index contributed by atoms with van der Waals surface area (Å²) in [5.41, 5.74) is 5.13. The van der Waals surface area contributed by atoms with E-state index >= 15 is 0 Å². The molecule has 0 aliphatic rings. The van der Waals surface area contributed by atoms with E-state index < -0.39 is 0 Å². The molecule has 1 amide bonds. The topological polar surface area (TPSA) is 69.0 Å². The van der Waals surface area contributed by atoms with E-state index in [-0.39, 0.29) is 12.5 Å². The van der Waals surface area contributed by atoms with Crippen LogP contribution in [0.3, 0.4) is 0 Å². The SMILES string of the molecule is COc1cccc(C(=O)NCc2nnc(SCc3cccc(C)c3)n2-c2ccc(C)cc2)c1. The van der Waals surface area contributed by atoms with Gasteiger partial charge in [0.05, 0.1) is 13.7 Å². The molecule has 4 aromatic rings. The Labute approximate surface area is 198 Å². The number of thioether (sulfide) groups is 1. The molecular weight excluding hydrogens is 432 g/mol. The highest BCUT2D eigenvalue weighted by Gasteiger charge is 2.16. The van der Waals surface area contributed by atoms with E-state index in [1.807, 2.05) is 22.8 Å². The van der Waals surface area contributed by atoms with Crippen LogP contribution in [0.5, 0.6) is 5.75 Å². The third-order valence-electron chi connectivity index (χ3n) is 5.18. The Morgan fingerprint density at radius 1 is 0.970 bits per heavy atom. The third kappa shape index (κ3) is 5.62. The number of hydrogen-bond acceptors (Lipinski definition) is 5. The molecule has 168 valence electrons. The van der Waals surface area contributed by atoms with Gasteiger partial charge in [-0.2, -0.15) is 0 Å². The molecule has 0 radical (unpaired) electrons. The van der Waals surface area contributed by atoms with Gasteiger partial charge in [0.25, 0.3) is 5.91 Å². The maximum Gasteiger partial charge on any atom is 0.251 e. The maximum atomic E-state index is 12.7. The summed E-state index contributed by atoms with van der Waals surface area (Å²) in [7, 11) is 1.58. The Morgan fingerprint density at radius 2 is 1.76 bits per heavy atom. The fourth-order valence-corrected chi connectivity index (χ4v) is 4.35. The van der Waals surface area contributed by atoms with Gasteiger partial charge in [-0.25, -0.2) is 0 Å². The molecular formula is C26H26N4O2S. The number of nitrogens with zero attached hydrogens (tertiary/aromatic N) is 3. The van der Waals surface area contributed by atoms with Crippen LogP contribution in [-0.2, 0) is 12.3 Å². The van der Waals surface area contributed by atoms with E-state index in [2.05, 4.69) is 65.8 Å². The predicted molar refractivity (Wildman–Crippen MR) is 131 cm³/mol. The summed E-state index contributed by atoms with van der Waals surface area (Å²) < 4.78 is 7.22. The Bertz CT molecular complexity index is 1250. The van der Waals surface area contributed by atoms with Crippen LogP contribution in [0.4, 0.5) is 0 Å². The second-order valence-electron chi connectivity index (χ2n) is 7.76. The summed E-state index contributed by atoms with van der Waals surface area (Å²) in [5, 5.41) is 12.6. The van der Waals surface area contributed by atoms with Gasteiger partial charge in [0.2, 0.25) is 0 Å². The van der Waals surface area contributed by atoms with Crippen molar-refractivity contribution >= 4 is 17.7 Å². The molecule has 0 saturated heterocycles. The van der Waals surface area contributed by atoms with E-state index in [1.54, 1.807) is 37.1 Å². The van der Waals surface area contributed by atoms with Gasteiger partial charge >= 0.3 is 0 Å². The van der Waals surface area contributed by atoms with E-state index in [0.29, 0.717) is 17.1 Å². The molecule has 0 fully saturated rings. The van der Waals surface area contributed by atoms with E-state index in [9.17, 15) is 4.79 Å². The molecule has 0 atom stereocenters. The van der Waals surface area contributed by atoms with Crippen LogP contribution in [-0.4, -0.2) is 27.8 Å². The fraction of sp³-hybridized carbons (Fsp3) is 0.192. The van der Waals surface area contributed by atoms with Gasteiger partial charge in [-0.1, -0.05) is 65.4 Å². The standard InChI is InChI=1S/C26H26N4O2S/c1-18-10-12-22(13-11-18)30-24(16-27-25(31)21-8-5-9-23(15-21)32-3)28-29-26(30)33-17-20-7-4-6-19(2)14-20/h4-15H,16-17H2,1-3H3,(H,27,31). The highest BCUT2D eigenvalue weighted by atomic mass is 32.2. The largest absolute Gasteiger partial charge is 0.497 e. The second-order valence-corrected chi connectivity index (χ2v) is 8.70. The second kappa shape index (κ2) is 10.4. The first kappa shape index (κ1) is 22.6. The van der Waals surface area contributed by atoms with E-state index in [0.717, 1.165) is 16.6 Å². The summed E-state index contributed by atoms with van der Waals surface area (Å²) >= 11 is 1.62. The van der Waals surface area contributed by atoms with Crippen LogP contribution in [0.2, 0.25) is 0 Å². The number of carbonyl (C=O) groups excluding carboxylic acids is 1. The highest BCUT2D eigenvalue weighted by Crippen LogP contribution is 2.26. The van der Waals surface area contributed by atoms with Gasteiger partial charge in [-0.3, -0.25) is 9.36 Å². The zero-order chi connectivity index (χ0) is 23.2. The van der Waals surface area contributed by atoms with Gasteiger partial charge in [-0.15, -0.1) is 10.2 Å². The van der Waals surface area contributed by atoms with Crippen molar-refractivity contribution in [3.8, 4) is 11.4 Å². The molecule has 3 aromatic carbocycles. The molecule has 0 bridgehead atoms. The van der Waals surface area contributed by atoms with Crippen molar-refractivity contribution in [2.24, 2.45) is 0 Å². The number of benzene rings is 3. The Kier molecular flexibility index (Phi) is 7.10. The van der Waals surface area contributed by atoms with Crippen LogP contribution >= 0.6 is 11.8 Å². The van der Waals surface area contributed by atoms with Gasteiger partial charge in [-0.05, 0) is 49.7 Å². The average Bonchev–Trinajstić information content (AvgIpc) is 3.24. The summed E-state index contributed by atoms with van der Waals surface area (Å²) in [6.07, 6.45) is 0. The summed E-state index contributed by atoms with van der Waals surface area (Å²) in [6, 6.07) is 23.7.